The normalized spacial score (nSPS) is 10.2. The third kappa shape index (κ3) is 4.42. The van der Waals surface area contributed by atoms with Crippen molar-refractivity contribution < 1.29 is 9.53 Å². The van der Waals surface area contributed by atoms with Gasteiger partial charge in [0.25, 0.3) is 0 Å². The molecule has 0 fully saturated rings. The average molecular weight is 394 g/mol. The highest BCUT2D eigenvalue weighted by atomic mass is 35.5. The lowest BCUT2D eigenvalue weighted by Gasteiger charge is -2.08. The van der Waals surface area contributed by atoms with Gasteiger partial charge in [0.05, 0.1) is 31.1 Å². The Hall–Kier alpha value is -3.50. The van der Waals surface area contributed by atoms with E-state index in [0.717, 1.165) is 11.1 Å². The molecule has 0 unspecified atom stereocenters. The Morgan fingerprint density at radius 3 is 2.68 bits per heavy atom. The molecule has 0 radical (unpaired) electrons. The van der Waals surface area contributed by atoms with Crippen molar-refractivity contribution >= 4 is 23.3 Å². The van der Waals surface area contributed by atoms with Crippen molar-refractivity contribution in [1.82, 2.24) is 15.0 Å². The summed E-state index contributed by atoms with van der Waals surface area (Å²) in [5.74, 6) is 0.538. The first kappa shape index (κ1) is 19.3. The molecule has 3 aromatic rings. The van der Waals surface area contributed by atoms with Crippen molar-refractivity contribution in [3.63, 3.8) is 0 Å². The Morgan fingerprint density at radius 2 is 2.00 bits per heavy atom. The van der Waals surface area contributed by atoms with Crippen LogP contribution in [0.3, 0.4) is 0 Å². The molecule has 0 saturated heterocycles. The summed E-state index contributed by atoms with van der Waals surface area (Å²) in [7, 11) is 1.49. The lowest BCUT2D eigenvalue weighted by Crippen LogP contribution is -2.15. The number of nitriles is 1. The number of carbonyl (C=O) groups excluding carboxylic acids is 1. The van der Waals surface area contributed by atoms with Crippen LogP contribution in [0, 0.1) is 18.3 Å². The molecule has 8 heteroatoms. The van der Waals surface area contributed by atoms with Crippen molar-refractivity contribution in [2.24, 2.45) is 0 Å². The first-order valence-corrected chi connectivity index (χ1v) is 8.70. The van der Waals surface area contributed by atoms with Crippen LogP contribution in [0.25, 0.3) is 11.4 Å². The van der Waals surface area contributed by atoms with Crippen LogP contribution in [-0.2, 0) is 11.2 Å². The lowest BCUT2D eigenvalue weighted by molar-refractivity contribution is -0.115. The van der Waals surface area contributed by atoms with Crippen LogP contribution in [0.1, 0.15) is 16.8 Å². The van der Waals surface area contributed by atoms with Gasteiger partial charge in [-0.1, -0.05) is 23.7 Å². The number of aryl methyl sites for hydroxylation is 1. The maximum absolute atomic E-state index is 12.2. The number of rotatable bonds is 5. The predicted molar refractivity (Wildman–Crippen MR) is 105 cm³/mol. The van der Waals surface area contributed by atoms with Gasteiger partial charge in [-0.3, -0.25) is 9.78 Å². The molecular formula is C20H16ClN5O2. The molecule has 0 aliphatic heterocycles. The molecule has 0 aliphatic carbocycles. The maximum atomic E-state index is 12.2. The zero-order valence-electron chi connectivity index (χ0n) is 15.2. The van der Waals surface area contributed by atoms with E-state index in [-0.39, 0.29) is 12.3 Å². The second kappa shape index (κ2) is 8.46. The van der Waals surface area contributed by atoms with Gasteiger partial charge in [-0.2, -0.15) is 5.26 Å². The molecule has 0 aliphatic rings. The van der Waals surface area contributed by atoms with Gasteiger partial charge in [0.2, 0.25) is 5.91 Å². The van der Waals surface area contributed by atoms with Gasteiger partial charge in [0, 0.05) is 12.3 Å². The largest absolute Gasteiger partial charge is 0.495 e. The van der Waals surface area contributed by atoms with E-state index >= 15 is 0 Å². The van der Waals surface area contributed by atoms with Crippen molar-refractivity contribution in [1.29, 1.82) is 5.26 Å². The Kier molecular flexibility index (Phi) is 5.82. The molecule has 0 atom stereocenters. The zero-order valence-corrected chi connectivity index (χ0v) is 16.0. The third-order valence-corrected chi connectivity index (χ3v) is 4.25. The van der Waals surface area contributed by atoms with E-state index in [1.54, 1.807) is 24.4 Å². The lowest BCUT2D eigenvalue weighted by atomic mass is 10.1. The Morgan fingerprint density at radius 1 is 1.21 bits per heavy atom. The number of pyridine rings is 3. The first-order valence-electron chi connectivity index (χ1n) is 8.32. The van der Waals surface area contributed by atoms with E-state index in [9.17, 15) is 4.79 Å². The minimum absolute atomic E-state index is 0.130. The molecule has 0 saturated carbocycles. The summed E-state index contributed by atoms with van der Waals surface area (Å²) in [4.78, 5) is 24.9. The number of hydrogen-bond donors (Lipinski definition) is 1. The molecule has 0 spiro atoms. The van der Waals surface area contributed by atoms with Crippen molar-refractivity contribution in [3.8, 4) is 23.2 Å². The van der Waals surface area contributed by atoms with Crippen LogP contribution in [-0.4, -0.2) is 28.0 Å². The van der Waals surface area contributed by atoms with E-state index in [1.165, 1.54) is 13.3 Å². The van der Waals surface area contributed by atoms with E-state index in [2.05, 4.69) is 26.3 Å². The number of nitrogens with one attached hydrogen (secondary N) is 1. The summed E-state index contributed by atoms with van der Waals surface area (Å²) in [5, 5.41) is 12.2. The van der Waals surface area contributed by atoms with Crippen molar-refractivity contribution in [3.05, 3.63) is 64.6 Å². The molecule has 3 rings (SSSR count). The number of aromatic nitrogens is 3. The molecule has 0 bridgehead atoms. The monoisotopic (exact) mass is 393 g/mol. The van der Waals surface area contributed by atoms with Crippen LogP contribution in [0.2, 0.25) is 5.02 Å². The van der Waals surface area contributed by atoms with Gasteiger partial charge in [0.15, 0.2) is 0 Å². The number of halogens is 1. The minimum atomic E-state index is -0.244. The fourth-order valence-electron chi connectivity index (χ4n) is 2.48. The first-order chi connectivity index (χ1) is 13.5. The van der Waals surface area contributed by atoms with Gasteiger partial charge in [0.1, 0.15) is 28.4 Å². The number of anilines is 1. The fourth-order valence-corrected chi connectivity index (χ4v) is 2.66. The van der Waals surface area contributed by atoms with Crippen LogP contribution in [0.15, 0.2) is 42.7 Å². The summed E-state index contributed by atoms with van der Waals surface area (Å²) in [6, 6.07) is 10.8. The van der Waals surface area contributed by atoms with Gasteiger partial charge < -0.3 is 10.1 Å². The second-order valence-electron chi connectivity index (χ2n) is 5.95. The number of carbonyl (C=O) groups is 1. The van der Waals surface area contributed by atoms with E-state index in [0.29, 0.717) is 33.7 Å². The summed E-state index contributed by atoms with van der Waals surface area (Å²) in [5.41, 5.74) is 3.15. The molecule has 1 N–H and O–H groups in total. The van der Waals surface area contributed by atoms with Crippen molar-refractivity contribution in [2.75, 3.05) is 12.4 Å². The van der Waals surface area contributed by atoms with E-state index in [1.807, 2.05) is 19.1 Å². The number of nitrogens with zero attached hydrogens (tertiary/aromatic N) is 4. The minimum Gasteiger partial charge on any atom is -0.495 e. The molecule has 7 nitrogen and oxygen atoms in total. The molecule has 28 heavy (non-hydrogen) atoms. The highest BCUT2D eigenvalue weighted by Crippen LogP contribution is 2.25. The summed E-state index contributed by atoms with van der Waals surface area (Å²) in [6.07, 6.45) is 3.15. The van der Waals surface area contributed by atoms with Gasteiger partial charge in [-0.15, -0.1) is 0 Å². The van der Waals surface area contributed by atoms with Crippen LogP contribution in [0.5, 0.6) is 5.75 Å². The molecule has 3 heterocycles. The van der Waals surface area contributed by atoms with Crippen LogP contribution < -0.4 is 10.1 Å². The van der Waals surface area contributed by atoms with Crippen LogP contribution in [0.4, 0.5) is 5.82 Å². The quantitative estimate of drug-likeness (QED) is 0.711. The number of methoxy groups -OCH3 is 1. The highest BCUT2D eigenvalue weighted by molar-refractivity contribution is 6.32. The van der Waals surface area contributed by atoms with E-state index < -0.39 is 0 Å². The van der Waals surface area contributed by atoms with E-state index in [4.69, 9.17) is 21.6 Å². The maximum Gasteiger partial charge on any atom is 0.230 e. The average Bonchev–Trinajstić information content (AvgIpc) is 2.70. The smallest absolute Gasteiger partial charge is 0.230 e. The van der Waals surface area contributed by atoms with Crippen LogP contribution >= 0.6 is 11.6 Å². The predicted octanol–water partition coefficient (Wildman–Crippen LogP) is 3.56. The fraction of sp³-hybridized carbons (Fsp3) is 0.150. The van der Waals surface area contributed by atoms with Gasteiger partial charge in [-0.25, -0.2) is 9.97 Å². The number of ether oxygens (including phenoxy) is 1. The second-order valence-corrected chi connectivity index (χ2v) is 6.36. The SMILES string of the molecule is COc1cc(NC(=O)Cc2ccc(-c3ccc(C)c(C#N)n3)nc2)ncc1Cl. The Balaban J connectivity index is 1.69. The standard InChI is InChI=1S/C20H16ClN5O2/c1-12-3-5-16(25-17(12)9-22)15-6-4-13(10-23-15)7-20(27)26-19-8-18(28-2)14(21)11-24-19/h3-6,8,10-11H,7H2,1-2H3,(H,24,26,27). The molecule has 0 aromatic carbocycles. The number of hydrogen-bond acceptors (Lipinski definition) is 6. The van der Waals surface area contributed by atoms with Crippen molar-refractivity contribution in [2.45, 2.75) is 13.3 Å². The highest BCUT2D eigenvalue weighted by Gasteiger charge is 2.10. The summed E-state index contributed by atoms with van der Waals surface area (Å²) >= 11 is 5.92. The molecule has 140 valence electrons. The summed E-state index contributed by atoms with van der Waals surface area (Å²) < 4.78 is 5.11. The molecule has 3 aromatic heterocycles. The Labute approximate surface area is 167 Å². The molecule has 1 amide bonds. The number of amides is 1. The summed E-state index contributed by atoms with van der Waals surface area (Å²) in [6.45, 7) is 1.83. The van der Waals surface area contributed by atoms with Gasteiger partial charge in [-0.05, 0) is 30.2 Å². The Bertz CT molecular complexity index is 1060. The third-order valence-electron chi connectivity index (χ3n) is 3.96. The zero-order chi connectivity index (χ0) is 20.1. The molecular weight excluding hydrogens is 378 g/mol. The van der Waals surface area contributed by atoms with Gasteiger partial charge >= 0.3 is 0 Å². The topological polar surface area (TPSA) is 101 Å².